The van der Waals surface area contributed by atoms with Crippen molar-refractivity contribution >= 4 is 5.97 Å². The van der Waals surface area contributed by atoms with Crippen molar-refractivity contribution in [3.05, 3.63) is 11.3 Å². The van der Waals surface area contributed by atoms with Crippen LogP contribution < -0.4 is 0 Å². The molecule has 0 saturated carbocycles. The van der Waals surface area contributed by atoms with Crippen LogP contribution in [0.1, 0.15) is 20.3 Å². The Kier molecular flexibility index (Phi) is 2.29. The van der Waals surface area contributed by atoms with E-state index < -0.39 is 0 Å². The lowest BCUT2D eigenvalue weighted by Gasteiger charge is -1.97. The molecule has 1 N–H and O–H groups in total. The predicted octanol–water partition coefficient (Wildman–Crippen LogP) is 0.836. The van der Waals surface area contributed by atoms with E-state index in [4.69, 9.17) is 9.84 Å². The molecule has 0 spiro atoms. The van der Waals surface area contributed by atoms with Gasteiger partial charge in [0, 0.05) is 6.42 Å². The van der Waals surface area contributed by atoms with Crippen molar-refractivity contribution < 1.29 is 14.6 Å². The van der Waals surface area contributed by atoms with Gasteiger partial charge in [0.05, 0.1) is 12.5 Å². The fourth-order valence-electron chi connectivity index (χ4n) is 1.06. The van der Waals surface area contributed by atoms with Crippen LogP contribution in [0.4, 0.5) is 0 Å². The molecule has 3 heteroatoms. The van der Waals surface area contributed by atoms with E-state index in [9.17, 15) is 4.79 Å². The molecule has 0 amide bonds. The maximum Gasteiger partial charge on any atom is 0.317 e. The highest BCUT2D eigenvalue weighted by molar-refractivity contribution is 5.79. The Labute approximate surface area is 65.7 Å². The number of carbonyl (C=O) groups excluding carboxylic acids is 1. The average Bonchev–Trinajstić information content (AvgIpc) is 2.19. The topological polar surface area (TPSA) is 46.5 Å². The summed E-state index contributed by atoms with van der Waals surface area (Å²) < 4.78 is 4.91. The third-order valence-corrected chi connectivity index (χ3v) is 2.01. The van der Waals surface area contributed by atoms with Gasteiger partial charge >= 0.3 is 5.97 Å². The summed E-state index contributed by atoms with van der Waals surface area (Å²) in [5, 5.41) is 8.59. The molecule has 0 aromatic heterocycles. The zero-order valence-electron chi connectivity index (χ0n) is 6.76. The predicted molar refractivity (Wildman–Crippen MR) is 39.7 cm³/mol. The van der Waals surface area contributed by atoms with Gasteiger partial charge in [-0.3, -0.25) is 4.79 Å². The molecule has 1 rings (SSSR count). The maximum absolute atomic E-state index is 10.9. The molecule has 0 bridgehead atoms. The number of hydrogen-bond donors (Lipinski definition) is 1. The van der Waals surface area contributed by atoms with E-state index in [1.54, 1.807) is 0 Å². The highest BCUT2D eigenvalue weighted by Gasteiger charge is 2.28. The Balaban J connectivity index is 2.72. The van der Waals surface area contributed by atoms with Crippen LogP contribution in [0.5, 0.6) is 0 Å². The SMILES string of the molecule is CC1=C(CCO)OC(=O)C1C. The van der Waals surface area contributed by atoms with Crippen molar-refractivity contribution in [3.63, 3.8) is 0 Å². The Morgan fingerprint density at radius 2 is 2.27 bits per heavy atom. The first-order valence-electron chi connectivity index (χ1n) is 3.69. The quantitative estimate of drug-likeness (QED) is 0.602. The molecule has 11 heavy (non-hydrogen) atoms. The number of cyclic esters (lactones) is 1. The number of aliphatic hydroxyl groups is 1. The molecule has 0 fully saturated rings. The zero-order valence-corrected chi connectivity index (χ0v) is 6.76. The van der Waals surface area contributed by atoms with Gasteiger partial charge < -0.3 is 9.84 Å². The largest absolute Gasteiger partial charge is 0.431 e. The molecule has 0 aromatic rings. The Morgan fingerprint density at radius 3 is 2.64 bits per heavy atom. The van der Waals surface area contributed by atoms with Gasteiger partial charge in [-0.15, -0.1) is 0 Å². The lowest BCUT2D eigenvalue weighted by Crippen LogP contribution is -2.05. The highest BCUT2D eigenvalue weighted by Crippen LogP contribution is 2.27. The maximum atomic E-state index is 10.9. The summed E-state index contributed by atoms with van der Waals surface area (Å²) in [5.74, 6) is 0.313. The molecular weight excluding hydrogens is 144 g/mol. The van der Waals surface area contributed by atoms with Crippen LogP contribution in [0.3, 0.4) is 0 Å². The van der Waals surface area contributed by atoms with Gasteiger partial charge in [-0.05, 0) is 19.4 Å². The fraction of sp³-hybridized carbons (Fsp3) is 0.625. The summed E-state index contributed by atoms with van der Waals surface area (Å²) in [6.45, 7) is 3.70. The summed E-state index contributed by atoms with van der Waals surface area (Å²) in [6, 6.07) is 0. The first kappa shape index (κ1) is 8.27. The van der Waals surface area contributed by atoms with Crippen LogP contribution in [0.25, 0.3) is 0 Å². The Bertz CT molecular complexity index is 205. The molecule has 1 unspecified atom stereocenters. The van der Waals surface area contributed by atoms with Crippen LogP contribution in [0.2, 0.25) is 0 Å². The minimum atomic E-state index is -0.203. The number of hydrogen-bond acceptors (Lipinski definition) is 3. The number of carbonyl (C=O) groups is 1. The van der Waals surface area contributed by atoms with Crippen molar-refractivity contribution in [2.75, 3.05) is 6.61 Å². The summed E-state index contributed by atoms with van der Waals surface area (Å²) in [5.41, 5.74) is 0.948. The Hall–Kier alpha value is -0.830. The number of esters is 1. The minimum absolute atomic E-state index is 0.0344. The van der Waals surface area contributed by atoms with Crippen LogP contribution in [-0.2, 0) is 9.53 Å². The average molecular weight is 156 g/mol. The third-order valence-electron chi connectivity index (χ3n) is 2.01. The van der Waals surface area contributed by atoms with E-state index in [-0.39, 0.29) is 18.5 Å². The van der Waals surface area contributed by atoms with Crippen LogP contribution in [0.15, 0.2) is 11.3 Å². The molecule has 0 aliphatic carbocycles. The zero-order chi connectivity index (χ0) is 8.43. The van der Waals surface area contributed by atoms with E-state index in [1.807, 2.05) is 13.8 Å². The molecule has 0 radical (unpaired) electrons. The Morgan fingerprint density at radius 1 is 1.64 bits per heavy atom. The summed E-state index contributed by atoms with van der Waals surface area (Å²) in [6.07, 6.45) is 0.446. The second-order valence-electron chi connectivity index (χ2n) is 2.72. The number of rotatable bonds is 2. The van der Waals surface area contributed by atoms with E-state index in [0.717, 1.165) is 5.57 Å². The molecule has 1 aliphatic heterocycles. The van der Waals surface area contributed by atoms with E-state index in [0.29, 0.717) is 12.2 Å². The molecule has 3 nitrogen and oxygen atoms in total. The normalized spacial score (nSPS) is 24.3. The molecule has 0 aromatic carbocycles. The van der Waals surface area contributed by atoms with Crippen LogP contribution >= 0.6 is 0 Å². The van der Waals surface area contributed by atoms with Crippen molar-refractivity contribution in [1.82, 2.24) is 0 Å². The van der Waals surface area contributed by atoms with Gasteiger partial charge in [-0.1, -0.05) is 0 Å². The van der Waals surface area contributed by atoms with Gasteiger partial charge in [-0.25, -0.2) is 0 Å². The number of ether oxygens (including phenoxy) is 1. The standard InChI is InChI=1S/C8H12O3/c1-5-6(2)8(10)11-7(5)3-4-9/h6,9H,3-4H2,1-2H3. The molecule has 1 heterocycles. The van der Waals surface area contributed by atoms with E-state index >= 15 is 0 Å². The smallest absolute Gasteiger partial charge is 0.317 e. The monoisotopic (exact) mass is 156 g/mol. The second kappa shape index (κ2) is 3.05. The molecule has 62 valence electrons. The molecule has 0 saturated heterocycles. The van der Waals surface area contributed by atoms with E-state index in [2.05, 4.69) is 0 Å². The summed E-state index contributed by atoms with van der Waals surface area (Å²) in [4.78, 5) is 10.9. The molecule has 1 aliphatic rings. The van der Waals surface area contributed by atoms with Crippen molar-refractivity contribution in [1.29, 1.82) is 0 Å². The summed E-state index contributed by atoms with van der Waals surface area (Å²) >= 11 is 0. The summed E-state index contributed by atoms with van der Waals surface area (Å²) in [7, 11) is 0. The van der Waals surface area contributed by atoms with Gasteiger partial charge in [0.2, 0.25) is 0 Å². The fourth-order valence-corrected chi connectivity index (χ4v) is 1.06. The van der Waals surface area contributed by atoms with Crippen molar-refractivity contribution in [2.45, 2.75) is 20.3 Å². The van der Waals surface area contributed by atoms with Gasteiger partial charge in [-0.2, -0.15) is 0 Å². The van der Waals surface area contributed by atoms with Gasteiger partial charge in [0.25, 0.3) is 0 Å². The van der Waals surface area contributed by atoms with Gasteiger partial charge in [0.15, 0.2) is 0 Å². The van der Waals surface area contributed by atoms with Crippen molar-refractivity contribution in [3.8, 4) is 0 Å². The van der Waals surface area contributed by atoms with Crippen LogP contribution in [0, 0.1) is 5.92 Å². The second-order valence-corrected chi connectivity index (χ2v) is 2.72. The van der Waals surface area contributed by atoms with Gasteiger partial charge in [0.1, 0.15) is 5.76 Å². The first-order valence-corrected chi connectivity index (χ1v) is 3.69. The lowest BCUT2D eigenvalue weighted by atomic mass is 10.0. The van der Waals surface area contributed by atoms with Crippen molar-refractivity contribution in [2.24, 2.45) is 5.92 Å². The lowest BCUT2D eigenvalue weighted by molar-refractivity contribution is -0.139. The van der Waals surface area contributed by atoms with E-state index in [1.165, 1.54) is 0 Å². The highest BCUT2D eigenvalue weighted by atomic mass is 16.5. The minimum Gasteiger partial charge on any atom is -0.431 e. The first-order chi connectivity index (χ1) is 5.16. The molecular formula is C8H12O3. The number of aliphatic hydroxyl groups excluding tert-OH is 1. The molecule has 1 atom stereocenters. The van der Waals surface area contributed by atoms with Crippen LogP contribution in [-0.4, -0.2) is 17.7 Å². The third kappa shape index (κ3) is 1.43.